The van der Waals surface area contributed by atoms with Gasteiger partial charge in [-0.1, -0.05) is 12.1 Å². The average molecular weight is 292 g/mol. The first-order valence-electron chi connectivity index (χ1n) is 7.94. The van der Waals surface area contributed by atoms with Crippen LogP contribution in [0.25, 0.3) is 0 Å². The van der Waals surface area contributed by atoms with E-state index in [0.717, 1.165) is 13.1 Å². The van der Waals surface area contributed by atoms with Crippen LogP contribution in [0, 0.1) is 0 Å². The quantitative estimate of drug-likeness (QED) is 0.731. The number of hydrogen-bond acceptors (Lipinski definition) is 3. The van der Waals surface area contributed by atoms with Crippen LogP contribution in [0.1, 0.15) is 37.7 Å². The van der Waals surface area contributed by atoms with Crippen molar-refractivity contribution < 1.29 is 0 Å². The number of benzene rings is 1. The maximum absolute atomic E-state index is 3.54. The molecule has 0 bridgehead atoms. The zero-order chi connectivity index (χ0) is 14.0. The molecule has 1 saturated heterocycles. The zero-order valence-electron chi connectivity index (χ0n) is 12.7. The van der Waals surface area contributed by atoms with Crippen molar-refractivity contribution >= 4 is 17.4 Å². The largest absolute Gasteiger partial charge is 0.372 e. The molecule has 0 saturated carbocycles. The lowest BCUT2D eigenvalue weighted by molar-refractivity contribution is 0.577. The standard InChI is InChI=1S/C17H28N2S/c1-20-14-6-3-11-18-15-16-7-9-17(10-8-16)19-12-4-2-5-13-19/h7-10,18H,2-6,11-15H2,1H3. The van der Waals surface area contributed by atoms with Gasteiger partial charge in [-0.3, -0.25) is 0 Å². The van der Waals surface area contributed by atoms with E-state index in [9.17, 15) is 0 Å². The third kappa shape index (κ3) is 5.37. The van der Waals surface area contributed by atoms with Gasteiger partial charge in [0.15, 0.2) is 0 Å². The summed E-state index contributed by atoms with van der Waals surface area (Å²) in [6, 6.07) is 9.13. The molecule has 0 atom stereocenters. The highest BCUT2D eigenvalue weighted by Gasteiger charge is 2.10. The predicted molar refractivity (Wildman–Crippen MR) is 91.8 cm³/mol. The minimum atomic E-state index is 1.000. The van der Waals surface area contributed by atoms with Gasteiger partial charge in [-0.25, -0.2) is 0 Å². The van der Waals surface area contributed by atoms with E-state index in [0.29, 0.717) is 0 Å². The number of unbranched alkanes of at least 4 members (excludes halogenated alkanes) is 1. The van der Waals surface area contributed by atoms with E-state index in [-0.39, 0.29) is 0 Å². The summed E-state index contributed by atoms with van der Waals surface area (Å²) in [6.45, 7) is 4.59. The second-order valence-electron chi connectivity index (χ2n) is 5.59. The van der Waals surface area contributed by atoms with Crippen molar-refractivity contribution in [2.24, 2.45) is 0 Å². The van der Waals surface area contributed by atoms with Crippen molar-refractivity contribution in [2.45, 2.75) is 38.6 Å². The summed E-state index contributed by atoms with van der Waals surface area (Å²) in [4.78, 5) is 2.52. The van der Waals surface area contributed by atoms with Gasteiger partial charge in [0.2, 0.25) is 0 Å². The highest BCUT2D eigenvalue weighted by molar-refractivity contribution is 7.98. The van der Waals surface area contributed by atoms with Crippen LogP contribution in [-0.2, 0) is 6.54 Å². The number of nitrogens with zero attached hydrogens (tertiary/aromatic N) is 1. The van der Waals surface area contributed by atoms with Crippen molar-refractivity contribution in [3.63, 3.8) is 0 Å². The van der Waals surface area contributed by atoms with Crippen molar-refractivity contribution in [3.05, 3.63) is 29.8 Å². The molecule has 1 aromatic carbocycles. The smallest absolute Gasteiger partial charge is 0.0366 e. The molecule has 0 unspecified atom stereocenters. The summed E-state index contributed by atoms with van der Waals surface area (Å²) < 4.78 is 0. The molecule has 1 aliphatic heterocycles. The normalized spacial score (nSPS) is 15.6. The summed E-state index contributed by atoms with van der Waals surface area (Å²) >= 11 is 1.94. The maximum atomic E-state index is 3.54. The van der Waals surface area contributed by atoms with Crippen LogP contribution in [0.5, 0.6) is 0 Å². The lowest BCUT2D eigenvalue weighted by Gasteiger charge is -2.28. The number of hydrogen-bond donors (Lipinski definition) is 1. The highest BCUT2D eigenvalue weighted by Crippen LogP contribution is 2.20. The molecular formula is C17H28N2S. The minimum absolute atomic E-state index is 1.000. The molecule has 2 rings (SSSR count). The molecule has 1 N–H and O–H groups in total. The van der Waals surface area contributed by atoms with Gasteiger partial charge in [0.1, 0.15) is 0 Å². The Morgan fingerprint density at radius 2 is 1.80 bits per heavy atom. The van der Waals surface area contributed by atoms with Crippen LogP contribution in [0.2, 0.25) is 0 Å². The Kier molecular flexibility index (Phi) is 7.31. The molecular weight excluding hydrogens is 264 g/mol. The molecule has 0 spiro atoms. The van der Waals surface area contributed by atoms with Crippen molar-refractivity contribution in [1.29, 1.82) is 0 Å². The number of anilines is 1. The van der Waals surface area contributed by atoms with Gasteiger partial charge in [-0.2, -0.15) is 11.8 Å². The Bertz CT molecular complexity index is 358. The molecule has 3 heteroatoms. The first-order valence-corrected chi connectivity index (χ1v) is 9.33. The minimum Gasteiger partial charge on any atom is -0.372 e. The van der Waals surface area contributed by atoms with Crippen LogP contribution in [0.15, 0.2) is 24.3 Å². The molecule has 0 amide bonds. The molecule has 112 valence electrons. The Hall–Kier alpha value is -0.670. The summed E-state index contributed by atoms with van der Waals surface area (Å²) in [5, 5.41) is 3.54. The summed E-state index contributed by atoms with van der Waals surface area (Å²) in [6.07, 6.45) is 8.87. The zero-order valence-corrected chi connectivity index (χ0v) is 13.6. The van der Waals surface area contributed by atoms with Gasteiger partial charge in [-0.05, 0) is 68.4 Å². The number of thioether (sulfide) groups is 1. The predicted octanol–water partition coefficient (Wildman–Crippen LogP) is 3.91. The Labute approximate surface area is 128 Å². The van der Waals surface area contributed by atoms with Crippen molar-refractivity contribution in [1.82, 2.24) is 5.32 Å². The van der Waals surface area contributed by atoms with E-state index in [1.165, 1.54) is 62.2 Å². The van der Waals surface area contributed by atoms with E-state index in [4.69, 9.17) is 0 Å². The molecule has 2 nitrogen and oxygen atoms in total. The van der Waals surface area contributed by atoms with E-state index < -0.39 is 0 Å². The van der Waals surface area contributed by atoms with Gasteiger partial charge in [0, 0.05) is 25.3 Å². The lowest BCUT2D eigenvalue weighted by atomic mass is 10.1. The van der Waals surface area contributed by atoms with E-state index in [1.807, 2.05) is 11.8 Å². The average Bonchev–Trinajstić information content (AvgIpc) is 2.52. The highest BCUT2D eigenvalue weighted by atomic mass is 32.2. The molecule has 0 aliphatic carbocycles. The molecule has 1 aliphatic rings. The molecule has 1 heterocycles. The first kappa shape index (κ1) is 15.7. The third-order valence-electron chi connectivity index (χ3n) is 3.94. The Morgan fingerprint density at radius 1 is 1.05 bits per heavy atom. The van der Waals surface area contributed by atoms with Crippen LogP contribution in [0.4, 0.5) is 5.69 Å². The van der Waals surface area contributed by atoms with Gasteiger partial charge in [-0.15, -0.1) is 0 Å². The SMILES string of the molecule is CSCCCCNCc1ccc(N2CCCCC2)cc1. The van der Waals surface area contributed by atoms with Gasteiger partial charge < -0.3 is 10.2 Å². The number of piperidine rings is 1. The molecule has 0 radical (unpaired) electrons. The van der Waals surface area contributed by atoms with E-state index >= 15 is 0 Å². The molecule has 1 aromatic rings. The summed E-state index contributed by atoms with van der Waals surface area (Å²) in [7, 11) is 0. The van der Waals surface area contributed by atoms with Crippen molar-refractivity contribution in [2.75, 3.05) is 36.5 Å². The number of nitrogens with one attached hydrogen (secondary N) is 1. The fraction of sp³-hybridized carbons (Fsp3) is 0.647. The van der Waals surface area contributed by atoms with Crippen LogP contribution in [-0.4, -0.2) is 31.6 Å². The van der Waals surface area contributed by atoms with Crippen LogP contribution in [0.3, 0.4) is 0 Å². The maximum Gasteiger partial charge on any atom is 0.0366 e. The topological polar surface area (TPSA) is 15.3 Å². The Balaban J connectivity index is 1.68. The first-order chi connectivity index (χ1) is 9.90. The lowest BCUT2D eigenvalue weighted by Crippen LogP contribution is -2.29. The fourth-order valence-electron chi connectivity index (χ4n) is 2.71. The Morgan fingerprint density at radius 3 is 2.50 bits per heavy atom. The fourth-order valence-corrected chi connectivity index (χ4v) is 3.20. The van der Waals surface area contributed by atoms with Crippen LogP contribution < -0.4 is 10.2 Å². The summed E-state index contributed by atoms with van der Waals surface area (Å²) in [5.74, 6) is 1.28. The van der Waals surface area contributed by atoms with E-state index in [2.05, 4.69) is 40.7 Å². The van der Waals surface area contributed by atoms with Crippen molar-refractivity contribution in [3.8, 4) is 0 Å². The monoisotopic (exact) mass is 292 g/mol. The third-order valence-corrected chi connectivity index (χ3v) is 4.64. The van der Waals surface area contributed by atoms with E-state index in [1.54, 1.807) is 0 Å². The number of rotatable bonds is 8. The van der Waals surface area contributed by atoms with Crippen LogP contribution >= 0.6 is 11.8 Å². The van der Waals surface area contributed by atoms with Gasteiger partial charge in [0.05, 0.1) is 0 Å². The summed E-state index contributed by atoms with van der Waals surface area (Å²) in [5.41, 5.74) is 2.80. The second-order valence-corrected chi connectivity index (χ2v) is 6.58. The van der Waals surface area contributed by atoms with Gasteiger partial charge in [0.25, 0.3) is 0 Å². The second kappa shape index (κ2) is 9.30. The molecule has 1 fully saturated rings. The molecule has 0 aromatic heterocycles. The molecule has 20 heavy (non-hydrogen) atoms. The van der Waals surface area contributed by atoms with Gasteiger partial charge >= 0.3 is 0 Å².